The number of halogens is 5. The Morgan fingerprint density at radius 2 is 0.795 bits per heavy atom. The molecule has 9 aromatic rings. The Labute approximate surface area is 534 Å². The number of imidazole rings is 5. The van der Waals surface area contributed by atoms with Crippen LogP contribution >= 0.6 is 15.9 Å². The second-order valence-electron chi connectivity index (χ2n) is 17.8. The Hall–Kier alpha value is -7.07. The SMILES string of the molecule is COc1ccc(N=Nc2n(CCCBr)cc[n+]2C)cc1.COc1ccc(N=Nc2n(CCCn3cc[n+](CCCn4cc[n+](C)c4N=Nc4ccc(OC)cc4)c3)cc[n+]2C)cc1.COc1ccc(N=Nc2nccn2C)cc1.[Br-].[Br-].[Br-].[Br-]. The lowest BCUT2D eigenvalue weighted by Gasteiger charge is -2.00. The van der Waals surface area contributed by atoms with Crippen LogP contribution in [0.5, 0.6) is 23.0 Å². The molecule has 5 heterocycles. The molecule has 0 aliphatic heterocycles. The number of rotatable bonds is 23. The van der Waals surface area contributed by atoms with Crippen molar-refractivity contribution in [3.05, 3.63) is 165 Å². The minimum absolute atomic E-state index is 0. The normalized spacial score (nSPS) is 10.8. The van der Waals surface area contributed by atoms with Crippen LogP contribution in [0.3, 0.4) is 0 Å². The first kappa shape index (κ1) is 70.2. The van der Waals surface area contributed by atoms with E-state index in [1.54, 1.807) is 39.2 Å². The van der Waals surface area contributed by atoms with Crippen molar-refractivity contribution in [2.45, 2.75) is 52.0 Å². The molecule has 0 aliphatic rings. The molecular weight excluding hydrogens is 1390 g/mol. The first-order valence-electron chi connectivity index (χ1n) is 25.5. The fraction of sp³-hybridized carbons (Fsp3) is 0.304. The Morgan fingerprint density at radius 1 is 0.434 bits per heavy atom. The van der Waals surface area contributed by atoms with Gasteiger partial charge in [0.2, 0.25) is 12.3 Å². The first-order valence-corrected chi connectivity index (χ1v) is 26.6. The molecule has 442 valence electrons. The van der Waals surface area contributed by atoms with Crippen LogP contribution in [0.4, 0.5) is 46.5 Å². The Balaban J connectivity index is 0.000000374. The van der Waals surface area contributed by atoms with Crippen LogP contribution in [0.2, 0.25) is 0 Å². The zero-order chi connectivity index (χ0) is 55.8. The summed E-state index contributed by atoms with van der Waals surface area (Å²) in [7, 11) is 14.4. The second-order valence-corrected chi connectivity index (χ2v) is 18.6. The van der Waals surface area contributed by atoms with Crippen molar-refractivity contribution in [3.63, 3.8) is 0 Å². The van der Waals surface area contributed by atoms with Gasteiger partial charge in [-0.3, -0.25) is 0 Å². The van der Waals surface area contributed by atoms with Crippen LogP contribution in [0.15, 0.2) is 206 Å². The monoisotopic (exact) mass is 1450 g/mol. The summed E-state index contributed by atoms with van der Waals surface area (Å²) in [6.07, 6.45) is 25.0. The van der Waals surface area contributed by atoms with Crippen LogP contribution in [-0.4, -0.2) is 61.6 Å². The molecule has 0 spiro atoms. The highest BCUT2D eigenvalue weighted by molar-refractivity contribution is 9.09. The summed E-state index contributed by atoms with van der Waals surface area (Å²) >= 11 is 3.44. The maximum Gasteiger partial charge on any atom is 0.421 e. The molecule has 0 amide bonds. The van der Waals surface area contributed by atoms with Crippen molar-refractivity contribution in [1.82, 2.24) is 27.8 Å². The lowest BCUT2D eigenvalue weighted by atomic mass is 10.3. The van der Waals surface area contributed by atoms with Gasteiger partial charge in [0, 0.05) is 53.0 Å². The van der Waals surface area contributed by atoms with Gasteiger partial charge in [-0.05, 0) is 103 Å². The zero-order valence-electron chi connectivity index (χ0n) is 47.5. The van der Waals surface area contributed by atoms with Crippen molar-refractivity contribution < 1.29 is 105 Å². The van der Waals surface area contributed by atoms with E-state index >= 15 is 0 Å². The van der Waals surface area contributed by atoms with E-state index in [0.717, 1.165) is 121 Å². The Bertz CT molecular complexity index is 3270. The lowest BCUT2D eigenvalue weighted by molar-refractivity contribution is -0.697. The van der Waals surface area contributed by atoms with Crippen LogP contribution in [-0.2, 0) is 60.9 Å². The highest BCUT2D eigenvalue weighted by Crippen LogP contribution is 2.24. The predicted octanol–water partition coefficient (Wildman–Crippen LogP) is -0.562. The van der Waals surface area contributed by atoms with Gasteiger partial charge in [-0.25, -0.2) is 41.5 Å². The molecule has 0 unspecified atom stereocenters. The van der Waals surface area contributed by atoms with E-state index in [-0.39, 0.29) is 67.9 Å². The molecule has 27 heteroatoms. The summed E-state index contributed by atoms with van der Waals surface area (Å²) in [5.74, 6) is 6.24. The van der Waals surface area contributed by atoms with Gasteiger partial charge < -0.3 is 91.4 Å². The second kappa shape index (κ2) is 37.2. The highest BCUT2D eigenvalue weighted by atomic mass is 79.9. The third-order valence-corrected chi connectivity index (χ3v) is 12.7. The van der Waals surface area contributed by atoms with E-state index in [9.17, 15) is 0 Å². The van der Waals surface area contributed by atoms with Gasteiger partial charge in [0.25, 0.3) is 0 Å². The number of azo groups is 4. The molecule has 0 saturated heterocycles. The largest absolute Gasteiger partial charge is 1.00 e. The van der Waals surface area contributed by atoms with Crippen molar-refractivity contribution in [3.8, 4) is 23.0 Å². The smallest absolute Gasteiger partial charge is 0.421 e. The van der Waals surface area contributed by atoms with E-state index < -0.39 is 0 Å². The predicted molar refractivity (Wildman–Crippen MR) is 301 cm³/mol. The Morgan fingerprint density at radius 3 is 1.14 bits per heavy atom. The molecule has 22 nitrogen and oxygen atoms in total. The molecule has 4 aromatic carbocycles. The summed E-state index contributed by atoms with van der Waals surface area (Å²) in [6, 6.07) is 30.0. The van der Waals surface area contributed by atoms with E-state index in [2.05, 4.69) is 103 Å². The molecule has 0 radical (unpaired) electrons. The number of ether oxygens (including phenoxy) is 4. The number of benzene rings is 4. The molecule has 0 bridgehead atoms. The number of hydrogen-bond donors (Lipinski definition) is 0. The van der Waals surface area contributed by atoms with E-state index in [4.69, 9.17) is 18.9 Å². The van der Waals surface area contributed by atoms with Crippen molar-refractivity contribution in [2.75, 3.05) is 33.8 Å². The van der Waals surface area contributed by atoms with Gasteiger partial charge in [-0.15, -0.1) is 10.2 Å². The van der Waals surface area contributed by atoms with Crippen LogP contribution in [0.1, 0.15) is 19.3 Å². The Kier molecular flexibility index (Phi) is 31.5. The molecular formula is C56H69Br5N18O4. The third-order valence-electron chi connectivity index (χ3n) is 12.1. The maximum atomic E-state index is 5.21. The van der Waals surface area contributed by atoms with E-state index in [1.807, 2.05) is 182 Å². The standard InChI is InChI=1S/C31H39N10O2.C14H18BrN4O.C11H12N4O.4BrH/c1-36-19-23-40(30(36)34-32-26-7-11-28(42-3)12-8-26)17-5-15-38-21-22-39(25-38)16-6-18-41-24-20-37(2)31(41)35-33-27-9-13-29(43-4)14-10-27;1-18-10-11-19(9-3-8-15)14(18)17-16-12-4-6-13(20-2)7-5-12;1-15-8-7-12-11(15)14-13-9-3-5-10(16-2)6-4-9;;;;/h7-14,19-25H,5-6,15-18H2,1-4H3;4-7,10-11H,3,8-9H2,1-2H3;3-8H,1-2H3;4*1H/q+3;+1;;;;;/p-4. The number of aromatic nitrogens is 10. The van der Waals surface area contributed by atoms with E-state index in [1.165, 1.54) is 0 Å². The van der Waals surface area contributed by atoms with E-state index in [0.29, 0.717) is 5.95 Å². The van der Waals surface area contributed by atoms with Gasteiger partial charge in [0.05, 0.1) is 125 Å². The number of methoxy groups -OCH3 is 4. The third kappa shape index (κ3) is 21.9. The summed E-state index contributed by atoms with van der Waals surface area (Å²) < 4.78 is 39.1. The number of alkyl halides is 1. The maximum absolute atomic E-state index is 5.21. The molecule has 0 atom stereocenters. The van der Waals surface area contributed by atoms with Crippen molar-refractivity contribution >= 4 is 62.5 Å². The highest BCUT2D eigenvalue weighted by Gasteiger charge is 2.18. The van der Waals surface area contributed by atoms with Crippen LogP contribution < -0.4 is 105 Å². The van der Waals surface area contributed by atoms with Gasteiger partial charge in [0.15, 0.2) is 0 Å². The average molecular weight is 1460 g/mol. The molecule has 9 rings (SSSR count). The summed E-state index contributed by atoms with van der Waals surface area (Å²) in [5.41, 5.74) is 3.14. The average Bonchev–Trinajstić information content (AvgIpc) is 4.36. The quantitative estimate of drug-likeness (QED) is 0.0471. The van der Waals surface area contributed by atoms with Gasteiger partial charge in [0.1, 0.15) is 52.5 Å². The molecule has 0 fully saturated rings. The fourth-order valence-corrected chi connectivity index (χ4v) is 7.95. The minimum Gasteiger partial charge on any atom is -1.00 e. The fourth-order valence-electron chi connectivity index (χ4n) is 7.70. The minimum atomic E-state index is 0. The number of nitrogens with zero attached hydrogens (tertiary/aromatic N) is 18. The number of hydrogen-bond acceptors (Lipinski definition) is 13. The zero-order valence-corrected chi connectivity index (χ0v) is 55.5. The molecule has 0 N–H and O–H groups in total. The molecule has 0 saturated carbocycles. The van der Waals surface area contributed by atoms with Crippen LogP contribution in [0.25, 0.3) is 0 Å². The van der Waals surface area contributed by atoms with Gasteiger partial charge >= 0.3 is 17.8 Å². The molecule has 5 aromatic heterocycles. The summed E-state index contributed by atoms with van der Waals surface area (Å²) in [6.45, 7) is 4.42. The first-order chi connectivity index (χ1) is 38.5. The summed E-state index contributed by atoms with van der Waals surface area (Å²) in [5, 5.41) is 35.5. The van der Waals surface area contributed by atoms with Crippen molar-refractivity contribution in [1.29, 1.82) is 0 Å². The topological polar surface area (TPSA) is 189 Å². The lowest BCUT2D eigenvalue weighted by Crippen LogP contribution is -3.00. The van der Waals surface area contributed by atoms with Crippen LogP contribution in [0, 0.1) is 0 Å². The molecule has 83 heavy (non-hydrogen) atoms. The van der Waals surface area contributed by atoms with Crippen molar-refractivity contribution in [2.24, 2.45) is 69.1 Å². The van der Waals surface area contributed by atoms with Gasteiger partial charge in [-0.2, -0.15) is 0 Å². The molecule has 0 aliphatic carbocycles. The van der Waals surface area contributed by atoms with Gasteiger partial charge in [-0.1, -0.05) is 31.3 Å². The number of aryl methyl sites for hydroxylation is 9. The summed E-state index contributed by atoms with van der Waals surface area (Å²) in [4.78, 5) is 4.04.